The Hall–Kier alpha value is -1.01. The summed E-state index contributed by atoms with van der Waals surface area (Å²) in [6.45, 7) is 6.83. The summed E-state index contributed by atoms with van der Waals surface area (Å²) in [6.07, 6.45) is 3.58. The third-order valence-corrected chi connectivity index (χ3v) is 2.96. The molecule has 0 saturated carbocycles. The quantitative estimate of drug-likeness (QED) is 0.480. The van der Waals surface area contributed by atoms with Crippen LogP contribution in [0.3, 0.4) is 0 Å². The number of cyclic esters (lactones) is 1. The zero-order valence-electron chi connectivity index (χ0n) is 11.0. The van der Waals surface area contributed by atoms with Crippen molar-refractivity contribution in [1.82, 2.24) is 0 Å². The lowest BCUT2D eigenvalue weighted by Gasteiger charge is -2.24. The van der Waals surface area contributed by atoms with E-state index in [0.717, 1.165) is 19.3 Å². The highest BCUT2D eigenvalue weighted by molar-refractivity contribution is 5.69. The number of ether oxygens (including phenoxy) is 2. The van der Waals surface area contributed by atoms with Crippen LogP contribution in [0.25, 0.3) is 0 Å². The largest absolute Gasteiger partial charge is 0.452 e. The van der Waals surface area contributed by atoms with E-state index < -0.39 is 0 Å². The minimum Gasteiger partial charge on any atom is -0.452 e. The number of esters is 1. The van der Waals surface area contributed by atoms with Gasteiger partial charge in [-0.3, -0.25) is 4.79 Å². The molecule has 0 aliphatic carbocycles. The van der Waals surface area contributed by atoms with Gasteiger partial charge in [0.25, 0.3) is 0 Å². The highest BCUT2D eigenvalue weighted by atomic mass is 16.5. The maximum Gasteiger partial charge on any atom is 0.307 e. The highest BCUT2D eigenvalue weighted by Gasteiger charge is 2.19. The molecule has 1 unspecified atom stereocenters. The van der Waals surface area contributed by atoms with Gasteiger partial charge in [0.1, 0.15) is 6.61 Å². The number of carbonyl (C=O) groups excluding carboxylic acids is 1. The second-order valence-electron chi connectivity index (χ2n) is 5.26. The van der Waals surface area contributed by atoms with Crippen LogP contribution in [0.15, 0.2) is 0 Å². The minimum absolute atomic E-state index is 0.132. The molecule has 1 heterocycles. The summed E-state index contributed by atoms with van der Waals surface area (Å²) in [4.78, 5) is 11.4. The number of rotatable bonds is 0. The zero-order valence-corrected chi connectivity index (χ0v) is 11.0. The minimum atomic E-state index is -0.147. The molecule has 0 N–H and O–H groups in total. The molecule has 0 fully saturated rings. The van der Waals surface area contributed by atoms with Crippen molar-refractivity contribution in [1.29, 1.82) is 0 Å². The van der Waals surface area contributed by atoms with E-state index in [1.54, 1.807) is 0 Å². The van der Waals surface area contributed by atoms with E-state index in [0.29, 0.717) is 18.9 Å². The average Bonchev–Trinajstić information content (AvgIpc) is 2.22. The Morgan fingerprint density at radius 2 is 2.00 bits per heavy atom. The van der Waals surface area contributed by atoms with Gasteiger partial charge in [0, 0.05) is 6.42 Å². The van der Waals surface area contributed by atoms with Gasteiger partial charge in [-0.2, -0.15) is 0 Å². The molecule has 1 atom stereocenters. The number of carbonyl (C=O) groups is 1. The molecule has 0 spiro atoms. The first-order valence-electron chi connectivity index (χ1n) is 6.25. The molecule has 0 aromatic heterocycles. The molecular formula is C14H22O3. The molecule has 1 rings (SSSR count). The van der Waals surface area contributed by atoms with Crippen molar-refractivity contribution in [2.75, 3.05) is 13.2 Å². The molecular weight excluding hydrogens is 216 g/mol. The predicted octanol–water partition coefficient (Wildman–Crippen LogP) is 2.54. The number of hydrogen-bond acceptors (Lipinski definition) is 3. The smallest absolute Gasteiger partial charge is 0.307 e. The molecule has 0 aromatic rings. The van der Waals surface area contributed by atoms with E-state index in [4.69, 9.17) is 9.47 Å². The Morgan fingerprint density at radius 1 is 1.29 bits per heavy atom. The van der Waals surface area contributed by atoms with E-state index in [9.17, 15) is 4.79 Å². The molecule has 0 saturated heterocycles. The van der Waals surface area contributed by atoms with Crippen molar-refractivity contribution in [3.8, 4) is 11.8 Å². The molecule has 0 bridgehead atoms. The van der Waals surface area contributed by atoms with Crippen LogP contribution in [0.2, 0.25) is 0 Å². The van der Waals surface area contributed by atoms with Crippen LogP contribution in [0.5, 0.6) is 0 Å². The lowest BCUT2D eigenvalue weighted by atomic mass is 9.95. The molecule has 0 aromatic carbocycles. The van der Waals surface area contributed by atoms with E-state index >= 15 is 0 Å². The van der Waals surface area contributed by atoms with Crippen LogP contribution < -0.4 is 0 Å². The normalized spacial score (nSPS) is 26.5. The molecule has 1 aliphatic heterocycles. The van der Waals surface area contributed by atoms with Gasteiger partial charge in [-0.05, 0) is 26.2 Å². The van der Waals surface area contributed by atoms with Crippen LogP contribution in [0.4, 0.5) is 0 Å². The van der Waals surface area contributed by atoms with Crippen molar-refractivity contribution in [2.45, 2.75) is 52.1 Å². The van der Waals surface area contributed by atoms with Crippen molar-refractivity contribution in [2.24, 2.45) is 5.92 Å². The summed E-state index contributed by atoms with van der Waals surface area (Å²) in [6, 6.07) is 0. The summed E-state index contributed by atoms with van der Waals surface area (Å²) >= 11 is 0. The zero-order chi connectivity index (χ0) is 12.7. The van der Waals surface area contributed by atoms with E-state index in [1.807, 2.05) is 0 Å². The standard InChI is InChI=1S/C14H22O3/c1-12-7-6-8-14(2,3)17-10-5-4-9-16-13(15)11-12/h12H,6-11H2,1-3H3. The third kappa shape index (κ3) is 6.33. The van der Waals surface area contributed by atoms with Crippen molar-refractivity contribution < 1.29 is 14.3 Å². The van der Waals surface area contributed by atoms with Crippen LogP contribution in [0.1, 0.15) is 46.5 Å². The Kier molecular flexibility index (Phi) is 5.50. The van der Waals surface area contributed by atoms with Gasteiger partial charge in [0.05, 0.1) is 5.60 Å². The van der Waals surface area contributed by atoms with Crippen LogP contribution >= 0.6 is 0 Å². The van der Waals surface area contributed by atoms with Crippen molar-refractivity contribution in [3.05, 3.63) is 0 Å². The topological polar surface area (TPSA) is 35.5 Å². The first kappa shape index (κ1) is 14.1. The van der Waals surface area contributed by atoms with E-state index in [2.05, 4.69) is 32.6 Å². The predicted molar refractivity (Wildman–Crippen MR) is 66.4 cm³/mol. The molecule has 3 heteroatoms. The van der Waals surface area contributed by atoms with Crippen LogP contribution in [-0.2, 0) is 14.3 Å². The maximum atomic E-state index is 11.4. The van der Waals surface area contributed by atoms with Gasteiger partial charge >= 0.3 is 5.97 Å². The first-order chi connectivity index (χ1) is 7.99. The lowest BCUT2D eigenvalue weighted by Crippen LogP contribution is -2.24. The van der Waals surface area contributed by atoms with Gasteiger partial charge in [-0.15, -0.1) is 0 Å². The lowest BCUT2D eigenvalue weighted by molar-refractivity contribution is -0.143. The van der Waals surface area contributed by atoms with Crippen LogP contribution in [0, 0.1) is 17.8 Å². The fourth-order valence-electron chi connectivity index (χ4n) is 1.84. The molecule has 96 valence electrons. The second kappa shape index (κ2) is 6.66. The van der Waals surface area contributed by atoms with Crippen molar-refractivity contribution in [3.63, 3.8) is 0 Å². The van der Waals surface area contributed by atoms with Gasteiger partial charge in [0.15, 0.2) is 6.61 Å². The van der Waals surface area contributed by atoms with Gasteiger partial charge < -0.3 is 9.47 Å². The highest BCUT2D eigenvalue weighted by Crippen LogP contribution is 2.21. The summed E-state index contributed by atoms with van der Waals surface area (Å²) < 4.78 is 10.7. The van der Waals surface area contributed by atoms with Gasteiger partial charge in [-0.25, -0.2) is 0 Å². The molecule has 0 radical (unpaired) electrons. The summed E-state index contributed by atoms with van der Waals surface area (Å²) in [5.41, 5.74) is -0.132. The molecule has 1 aliphatic rings. The van der Waals surface area contributed by atoms with Gasteiger partial charge in [-0.1, -0.05) is 31.6 Å². The first-order valence-corrected chi connectivity index (χ1v) is 6.25. The molecule has 0 amide bonds. The molecule has 3 nitrogen and oxygen atoms in total. The fourth-order valence-corrected chi connectivity index (χ4v) is 1.84. The van der Waals surface area contributed by atoms with Gasteiger partial charge in [0.2, 0.25) is 0 Å². The van der Waals surface area contributed by atoms with E-state index in [-0.39, 0.29) is 18.2 Å². The monoisotopic (exact) mass is 238 g/mol. The third-order valence-electron chi connectivity index (χ3n) is 2.96. The summed E-state index contributed by atoms with van der Waals surface area (Å²) in [5.74, 6) is 5.87. The maximum absolute atomic E-state index is 11.4. The Morgan fingerprint density at radius 3 is 2.76 bits per heavy atom. The Labute approximate surface area is 104 Å². The average molecular weight is 238 g/mol. The summed E-state index contributed by atoms with van der Waals surface area (Å²) in [7, 11) is 0. The van der Waals surface area contributed by atoms with Crippen molar-refractivity contribution >= 4 is 5.97 Å². The molecule has 17 heavy (non-hydrogen) atoms. The second-order valence-corrected chi connectivity index (χ2v) is 5.26. The SMILES string of the molecule is CC1CCCC(C)(C)OCC#CCOC(=O)C1. The van der Waals surface area contributed by atoms with Crippen LogP contribution in [-0.4, -0.2) is 24.8 Å². The summed E-state index contributed by atoms with van der Waals surface area (Å²) in [5, 5.41) is 0. The Balaban J connectivity index is 2.54. The Bertz CT molecular complexity index is 309. The van der Waals surface area contributed by atoms with E-state index in [1.165, 1.54) is 0 Å². The number of hydrogen-bond donors (Lipinski definition) is 0. The fraction of sp³-hybridized carbons (Fsp3) is 0.786.